The van der Waals surface area contributed by atoms with Crippen LogP contribution in [0.25, 0.3) is 0 Å². The first kappa shape index (κ1) is 11.1. The minimum atomic E-state index is -0.764. The van der Waals surface area contributed by atoms with E-state index in [4.69, 9.17) is 0 Å². The van der Waals surface area contributed by atoms with Crippen molar-refractivity contribution in [2.45, 2.75) is 45.6 Å². The number of carboxylic acids is 1. The third-order valence-corrected chi connectivity index (χ3v) is 3.03. The molecule has 0 saturated heterocycles. The highest BCUT2D eigenvalue weighted by Crippen LogP contribution is 2.45. The van der Waals surface area contributed by atoms with Gasteiger partial charge in [-0.15, -0.1) is 10.2 Å². The van der Waals surface area contributed by atoms with Crippen molar-refractivity contribution in [3.8, 4) is 0 Å². The largest absolute Gasteiger partial charge is 0.479 e. The number of aryl methyl sites for hydroxylation is 1. The second-order valence-corrected chi connectivity index (χ2v) is 4.93. The summed E-state index contributed by atoms with van der Waals surface area (Å²) in [7, 11) is 0. The van der Waals surface area contributed by atoms with Gasteiger partial charge in [0.05, 0.1) is 0 Å². The highest BCUT2D eigenvalue weighted by molar-refractivity contribution is 5.80. The van der Waals surface area contributed by atoms with Crippen LogP contribution in [0.4, 0.5) is 0 Å². The van der Waals surface area contributed by atoms with E-state index in [1.807, 2.05) is 11.5 Å². The van der Waals surface area contributed by atoms with E-state index in [9.17, 15) is 9.90 Å². The average molecular weight is 223 g/mol. The summed E-state index contributed by atoms with van der Waals surface area (Å²) in [5.41, 5.74) is -0.752. The molecule has 2 rings (SSSR count). The zero-order valence-corrected chi connectivity index (χ0v) is 9.90. The smallest absolute Gasteiger partial charge is 0.329 e. The lowest BCUT2D eigenvalue weighted by Crippen LogP contribution is -2.30. The van der Waals surface area contributed by atoms with Crippen molar-refractivity contribution in [3.05, 3.63) is 11.6 Å². The molecule has 1 aliphatic rings. The number of aliphatic carboxylic acids is 1. The standard InChI is InChI=1S/C11H17N3O2/c1-7(2)6-9-13-12-8(3)14(9)11(4-5-11)10(15)16/h7H,4-6H2,1-3H3,(H,15,16). The van der Waals surface area contributed by atoms with Crippen molar-refractivity contribution >= 4 is 5.97 Å². The Balaban J connectivity index is 2.40. The van der Waals surface area contributed by atoms with Gasteiger partial charge in [0.1, 0.15) is 17.2 Å². The zero-order valence-electron chi connectivity index (χ0n) is 9.90. The predicted molar refractivity (Wildman–Crippen MR) is 58.1 cm³/mol. The molecule has 0 amide bonds. The van der Waals surface area contributed by atoms with Gasteiger partial charge in [-0.05, 0) is 25.7 Å². The molecule has 88 valence electrons. The molecule has 1 heterocycles. The number of hydrogen-bond donors (Lipinski definition) is 1. The van der Waals surface area contributed by atoms with Gasteiger partial charge in [0.25, 0.3) is 0 Å². The topological polar surface area (TPSA) is 68.0 Å². The molecule has 1 aliphatic carbocycles. The van der Waals surface area contributed by atoms with Crippen LogP contribution in [0.3, 0.4) is 0 Å². The monoisotopic (exact) mass is 223 g/mol. The Labute approximate surface area is 94.5 Å². The molecular formula is C11H17N3O2. The molecule has 1 fully saturated rings. The molecule has 0 unspecified atom stereocenters. The third kappa shape index (κ3) is 1.60. The van der Waals surface area contributed by atoms with Crippen LogP contribution in [0.2, 0.25) is 0 Å². The maximum atomic E-state index is 11.3. The van der Waals surface area contributed by atoms with Gasteiger partial charge in [-0.3, -0.25) is 4.57 Å². The van der Waals surface area contributed by atoms with Gasteiger partial charge in [0.2, 0.25) is 0 Å². The summed E-state index contributed by atoms with van der Waals surface area (Å²) in [5, 5.41) is 17.4. The zero-order chi connectivity index (χ0) is 11.9. The van der Waals surface area contributed by atoms with Crippen LogP contribution in [0, 0.1) is 12.8 Å². The van der Waals surface area contributed by atoms with Crippen LogP contribution < -0.4 is 0 Å². The summed E-state index contributed by atoms with van der Waals surface area (Å²) in [6.07, 6.45) is 2.15. The first-order chi connectivity index (χ1) is 7.47. The normalized spacial score (nSPS) is 17.8. The van der Waals surface area contributed by atoms with Crippen LogP contribution in [0.5, 0.6) is 0 Å². The molecule has 5 heteroatoms. The van der Waals surface area contributed by atoms with Crippen molar-refractivity contribution in [2.75, 3.05) is 0 Å². The maximum absolute atomic E-state index is 11.3. The molecule has 0 aliphatic heterocycles. The maximum Gasteiger partial charge on any atom is 0.329 e. The fraction of sp³-hybridized carbons (Fsp3) is 0.727. The van der Waals surface area contributed by atoms with Crippen LogP contribution in [-0.2, 0) is 16.8 Å². The number of aromatic nitrogens is 3. The fourth-order valence-electron chi connectivity index (χ4n) is 2.11. The van der Waals surface area contributed by atoms with Gasteiger partial charge in [-0.25, -0.2) is 4.79 Å². The van der Waals surface area contributed by atoms with E-state index in [2.05, 4.69) is 24.0 Å². The van der Waals surface area contributed by atoms with Crippen molar-refractivity contribution in [1.29, 1.82) is 0 Å². The lowest BCUT2D eigenvalue weighted by molar-refractivity contribution is -0.142. The van der Waals surface area contributed by atoms with Crippen molar-refractivity contribution in [1.82, 2.24) is 14.8 Å². The summed E-state index contributed by atoms with van der Waals surface area (Å²) in [6, 6.07) is 0. The van der Waals surface area contributed by atoms with Gasteiger partial charge < -0.3 is 5.11 Å². The Bertz CT molecular complexity index is 419. The lowest BCUT2D eigenvalue weighted by Gasteiger charge is -2.16. The van der Waals surface area contributed by atoms with Crippen molar-refractivity contribution in [3.63, 3.8) is 0 Å². The van der Waals surface area contributed by atoms with Crippen LogP contribution in [-0.4, -0.2) is 25.8 Å². The lowest BCUT2D eigenvalue weighted by atomic mass is 10.1. The first-order valence-corrected chi connectivity index (χ1v) is 5.62. The van der Waals surface area contributed by atoms with E-state index in [0.717, 1.165) is 12.2 Å². The summed E-state index contributed by atoms with van der Waals surface area (Å²) in [4.78, 5) is 11.3. The Morgan fingerprint density at radius 1 is 1.50 bits per heavy atom. The van der Waals surface area contributed by atoms with Gasteiger partial charge in [0, 0.05) is 6.42 Å². The number of hydrogen-bond acceptors (Lipinski definition) is 3. The van der Waals surface area contributed by atoms with Gasteiger partial charge in [-0.1, -0.05) is 13.8 Å². The molecule has 0 aromatic carbocycles. The van der Waals surface area contributed by atoms with E-state index in [-0.39, 0.29) is 0 Å². The third-order valence-electron chi connectivity index (χ3n) is 3.03. The SMILES string of the molecule is Cc1nnc(CC(C)C)n1C1(C(=O)O)CC1. The first-order valence-electron chi connectivity index (χ1n) is 5.62. The van der Waals surface area contributed by atoms with Crippen LogP contribution in [0.1, 0.15) is 38.3 Å². The molecule has 0 radical (unpaired) electrons. The van der Waals surface area contributed by atoms with E-state index in [1.165, 1.54) is 0 Å². The van der Waals surface area contributed by atoms with Gasteiger partial charge >= 0.3 is 5.97 Å². The average Bonchev–Trinajstić information content (AvgIpc) is 2.89. The Hall–Kier alpha value is -1.39. The molecule has 1 aromatic heterocycles. The molecule has 1 saturated carbocycles. The van der Waals surface area contributed by atoms with E-state index in [1.54, 1.807) is 0 Å². The molecule has 16 heavy (non-hydrogen) atoms. The Morgan fingerprint density at radius 2 is 2.12 bits per heavy atom. The van der Waals surface area contributed by atoms with Crippen LogP contribution in [0.15, 0.2) is 0 Å². The van der Waals surface area contributed by atoms with E-state index >= 15 is 0 Å². The highest BCUT2D eigenvalue weighted by Gasteiger charge is 2.54. The number of rotatable bonds is 4. The van der Waals surface area contributed by atoms with Gasteiger partial charge in [-0.2, -0.15) is 0 Å². The Kier molecular flexibility index (Phi) is 2.48. The number of carbonyl (C=O) groups is 1. The predicted octanol–water partition coefficient (Wildman–Crippen LogP) is 1.36. The minimum Gasteiger partial charge on any atom is -0.479 e. The second kappa shape index (κ2) is 3.57. The highest BCUT2D eigenvalue weighted by atomic mass is 16.4. The fourth-order valence-corrected chi connectivity index (χ4v) is 2.11. The number of nitrogens with zero attached hydrogens (tertiary/aromatic N) is 3. The van der Waals surface area contributed by atoms with E-state index < -0.39 is 11.5 Å². The minimum absolute atomic E-state index is 0.451. The van der Waals surface area contributed by atoms with E-state index in [0.29, 0.717) is 24.6 Å². The summed E-state index contributed by atoms with van der Waals surface area (Å²) in [6.45, 7) is 6.00. The Morgan fingerprint density at radius 3 is 2.56 bits per heavy atom. The molecule has 0 bridgehead atoms. The summed E-state index contributed by atoms with van der Waals surface area (Å²) in [5.74, 6) is 1.19. The molecule has 0 atom stereocenters. The molecule has 1 N–H and O–H groups in total. The summed E-state index contributed by atoms with van der Waals surface area (Å²) < 4.78 is 1.81. The molecule has 1 aromatic rings. The molecular weight excluding hydrogens is 206 g/mol. The summed E-state index contributed by atoms with van der Waals surface area (Å²) >= 11 is 0. The van der Waals surface area contributed by atoms with Crippen LogP contribution >= 0.6 is 0 Å². The second-order valence-electron chi connectivity index (χ2n) is 4.93. The molecule has 5 nitrogen and oxygen atoms in total. The number of carboxylic acid groups (broad SMARTS) is 1. The molecule has 0 spiro atoms. The quantitative estimate of drug-likeness (QED) is 0.836. The van der Waals surface area contributed by atoms with Gasteiger partial charge in [0.15, 0.2) is 0 Å². The van der Waals surface area contributed by atoms with Crippen molar-refractivity contribution < 1.29 is 9.90 Å². The van der Waals surface area contributed by atoms with Crippen molar-refractivity contribution in [2.24, 2.45) is 5.92 Å².